The molecule has 0 unspecified atom stereocenters. The second kappa shape index (κ2) is 8.26. The fourth-order valence-electron chi connectivity index (χ4n) is 2.88. The van der Waals surface area contributed by atoms with Crippen LogP contribution in [-0.2, 0) is 0 Å². The molecule has 2 heterocycles. The van der Waals surface area contributed by atoms with Gasteiger partial charge >= 0.3 is 6.03 Å². The van der Waals surface area contributed by atoms with Crippen LogP contribution in [0.5, 0.6) is 0 Å². The molecule has 7 nitrogen and oxygen atoms in total. The van der Waals surface area contributed by atoms with Gasteiger partial charge < -0.3 is 14.7 Å². The summed E-state index contributed by atoms with van der Waals surface area (Å²) in [7, 11) is 3.32. The first-order chi connectivity index (χ1) is 12.9. The van der Waals surface area contributed by atoms with E-state index < -0.39 is 0 Å². The molecule has 1 aliphatic rings. The SMILES string of the molecule is CN(C)C(=O)c1cccc(NC(=O)N2CCN(c3cccc(Cl)c3)CC2)n1. The van der Waals surface area contributed by atoms with Crippen molar-refractivity contribution in [1.29, 1.82) is 0 Å². The predicted octanol–water partition coefficient (Wildman–Crippen LogP) is 2.79. The van der Waals surface area contributed by atoms with Crippen LogP contribution in [0.4, 0.5) is 16.3 Å². The van der Waals surface area contributed by atoms with Gasteiger partial charge in [-0.15, -0.1) is 0 Å². The van der Waals surface area contributed by atoms with Gasteiger partial charge in [-0.2, -0.15) is 0 Å². The zero-order valence-electron chi connectivity index (χ0n) is 15.4. The molecule has 0 atom stereocenters. The Morgan fingerprint density at radius 2 is 1.78 bits per heavy atom. The monoisotopic (exact) mass is 387 g/mol. The molecule has 0 saturated carbocycles. The summed E-state index contributed by atoms with van der Waals surface area (Å²) in [5.41, 5.74) is 1.35. The molecule has 1 saturated heterocycles. The van der Waals surface area contributed by atoms with Crippen molar-refractivity contribution in [1.82, 2.24) is 14.8 Å². The molecule has 1 aromatic heterocycles. The van der Waals surface area contributed by atoms with Crippen molar-refractivity contribution in [2.24, 2.45) is 0 Å². The summed E-state index contributed by atoms with van der Waals surface area (Å²) < 4.78 is 0. The maximum Gasteiger partial charge on any atom is 0.323 e. The Balaban J connectivity index is 1.58. The first-order valence-corrected chi connectivity index (χ1v) is 9.07. The second-order valence-electron chi connectivity index (χ2n) is 6.49. The number of nitrogens with one attached hydrogen (secondary N) is 1. The van der Waals surface area contributed by atoms with Gasteiger partial charge in [0.2, 0.25) is 0 Å². The Labute approximate surface area is 163 Å². The average molecular weight is 388 g/mol. The van der Waals surface area contributed by atoms with E-state index in [1.165, 1.54) is 4.90 Å². The van der Waals surface area contributed by atoms with Crippen molar-refractivity contribution in [2.45, 2.75) is 0 Å². The summed E-state index contributed by atoms with van der Waals surface area (Å²) >= 11 is 6.05. The Morgan fingerprint density at radius 3 is 2.44 bits per heavy atom. The van der Waals surface area contributed by atoms with Crippen molar-refractivity contribution in [3.63, 3.8) is 0 Å². The number of hydrogen-bond donors (Lipinski definition) is 1. The van der Waals surface area contributed by atoms with Crippen molar-refractivity contribution < 1.29 is 9.59 Å². The number of amides is 3. The van der Waals surface area contributed by atoms with E-state index in [1.807, 2.05) is 24.3 Å². The van der Waals surface area contributed by atoms with E-state index in [-0.39, 0.29) is 11.9 Å². The molecule has 2 aromatic rings. The third-order valence-corrected chi connectivity index (χ3v) is 4.58. The highest BCUT2D eigenvalue weighted by Gasteiger charge is 2.22. The van der Waals surface area contributed by atoms with Gasteiger partial charge in [0.1, 0.15) is 11.5 Å². The molecule has 1 aromatic carbocycles. The van der Waals surface area contributed by atoms with Gasteiger partial charge in [-0.1, -0.05) is 23.7 Å². The number of carbonyl (C=O) groups is 2. The highest BCUT2D eigenvalue weighted by Crippen LogP contribution is 2.21. The lowest BCUT2D eigenvalue weighted by Gasteiger charge is -2.36. The molecule has 1 N–H and O–H groups in total. The number of pyridine rings is 1. The molecule has 1 fully saturated rings. The van der Waals surface area contributed by atoms with E-state index in [1.54, 1.807) is 37.2 Å². The Bertz CT molecular complexity index is 834. The molecule has 0 bridgehead atoms. The van der Waals surface area contributed by atoms with Crippen LogP contribution in [0.3, 0.4) is 0 Å². The number of halogens is 1. The minimum atomic E-state index is -0.220. The van der Waals surface area contributed by atoms with E-state index in [4.69, 9.17) is 11.6 Å². The molecule has 1 aliphatic heterocycles. The number of urea groups is 1. The lowest BCUT2D eigenvalue weighted by molar-refractivity contribution is 0.0822. The van der Waals surface area contributed by atoms with E-state index >= 15 is 0 Å². The molecular weight excluding hydrogens is 366 g/mol. The standard InChI is InChI=1S/C19H22ClN5O2/c1-23(2)18(26)16-7-4-8-17(21-16)22-19(27)25-11-9-24(10-12-25)15-6-3-5-14(20)13-15/h3-8,13H,9-12H2,1-2H3,(H,21,22,27). The van der Waals surface area contributed by atoms with Gasteiger partial charge in [0.25, 0.3) is 5.91 Å². The molecule has 8 heteroatoms. The minimum absolute atomic E-state index is 0.207. The van der Waals surface area contributed by atoms with E-state index in [0.29, 0.717) is 29.6 Å². The number of aromatic nitrogens is 1. The van der Waals surface area contributed by atoms with Gasteiger partial charge in [-0.05, 0) is 30.3 Å². The zero-order valence-corrected chi connectivity index (χ0v) is 16.1. The quantitative estimate of drug-likeness (QED) is 0.879. The van der Waals surface area contributed by atoms with E-state index in [9.17, 15) is 9.59 Å². The molecule has 3 rings (SSSR count). The van der Waals surface area contributed by atoms with Gasteiger partial charge in [-0.3, -0.25) is 10.1 Å². The Kier molecular flexibility index (Phi) is 5.81. The van der Waals surface area contributed by atoms with Crippen LogP contribution in [0.25, 0.3) is 0 Å². The number of piperazine rings is 1. The number of carbonyl (C=O) groups excluding carboxylic acids is 2. The van der Waals surface area contributed by atoms with Crippen molar-refractivity contribution >= 4 is 35.0 Å². The zero-order chi connectivity index (χ0) is 19.4. The van der Waals surface area contributed by atoms with Crippen molar-refractivity contribution in [2.75, 3.05) is 50.5 Å². The molecule has 0 spiro atoms. The highest BCUT2D eigenvalue weighted by molar-refractivity contribution is 6.30. The maximum atomic E-state index is 12.5. The summed E-state index contributed by atoms with van der Waals surface area (Å²) in [6.45, 7) is 2.63. The lowest BCUT2D eigenvalue weighted by atomic mass is 10.2. The van der Waals surface area contributed by atoms with E-state index in [0.717, 1.165) is 18.8 Å². The summed E-state index contributed by atoms with van der Waals surface area (Å²) in [5.74, 6) is 0.159. The van der Waals surface area contributed by atoms with Gasteiger partial charge in [0, 0.05) is 51.0 Å². The van der Waals surface area contributed by atoms with Crippen LogP contribution in [0, 0.1) is 0 Å². The first kappa shape index (κ1) is 19.0. The second-order valence-corrected chi connectivity index (χ2v) is 6.93. The third-order valence-electron chi connectivity index (χ3n) is 4.35. The van der Waals surface area contributed by atoms with E-state index in [2.05, 4.69) is 15.2 Å². The van der Waals surface area contributed by atoms with Crippen LogP contribution in [0.1, 0.15) is 10.5 Å². The van der Waals surface area contributed by atoms with Crippen LogP contribution < -0.4 is 10.2 Å². The largest absolute Gasteiger partial charge is 0.368 e. The van der Waals surface area contributed by atoms with Gasteiger partial charge in [0.15, 0.2) is 0 Å². The molecule has 0 aliphatic carbocycles. The minimum Gasteiger partial charge on any atom is -0.368 e. The van der Waals surface area contributed by atoms with Crippen LogP contribution in [0.15, 0.2) is 42.5 Å². The molecule has 3 amide bonds. The Hall–Kier alpha value is -2.80. The lowest BCUT2D eigenvalue weighted by Crippen LogP contribution is -2.50. The third kappa shape index (κ3) is 4.68. The van der Waals surface area contributed by atoms with Gasteiger partial charge in [-0.25, -0.2) is 9.78 Å². The Morgan fingerprint density at radius 1 is 1.07 bits per heavy atom. The fourth-order valence-corrected chi connectivity index (χ4v) is 3.07. The number of anilines is 2. The van der Waals surface area contributed by atoms with Crippen molar-refractivity contribution in [3.8, 4) is 0 Å². The number of hydrogen-bond acceptors (Lipinski definition) is 4. The number of nitrogens with zero attached hydrogens (tertiary/aromatic N) is 4. The van der Waals surface area contributed by atoms with Gasteiger partial charge in [0.05, 0.1) is 0 Å². The topological polar surface area (TPSA) is 68.8 Å². The van der Waals surface area contributed by atoms with Crippen LogP contribution in [-0.4, -0.2) is 67.0 Å². The summed E-state index contributed by atoms with van der Waals surface area (Å²) in [6.07, 6.45) is 0. The summed E-state index contributed by atoms with van der Waals surface area (Å²) in [5, 5.41) is 3.47. The average Bonchev–Trinajstić information content (AvgIpc) is 2.67. The number of benzene rings is 1. The summed E-state index contributed by atoms with van der Waals surface area (Å²) in [6, 6.07) is 12.5. The highest BCUT2D eigenvalue weighted by atomic mass is 35.5. The molecule has 0 radical (unpaired) electrons. The van der Waals surface area contributed by atoms with Crippen molar-refractivity contribution in [3.05, 3.63) is 53.2 Å². The predicted molar refractivity (Wildman–Crippen MR) is 107 cm³/mol. The van der Waals surface area contributed by atoms with Crippen LogP contribution in [0.2, 0.25) is 5.02 Å². The molecule has 142 valence electrons. The first-order valence-electron chi connectivity index (χ1n) is 8.69. The normalized spacial score (nSPS) is 14.0. The molecular formula is C19H22ClN5O2. The molecule has 27 heavy (non-hydrogen) atoms. The van der Waals surface area contributed by atoms with Crippen LogP contribution >= 0.6 is 11.6 Å². The smallest absolute Gasteiger partial charge is 0.323 e. The maximum absolute atomic E-state index is 12.5. The fraction of sp³-hybridized carbons (Fsp3) is 0.316. The summed E-state index contributed by atoms with van der Waals surface area (Å²) in [4.78, 5) is 34.1. The number of rotatable bonds is 3.